The monoisotopic (exact) mass is 290 g/mol. The first-order valence-electron chi connectivity index (χ1n) is 6.60. The summed E-state index contributed by atoms with van der Waals surface area (Å²) in [6.45, 7) is 3.88. The zero-order chi connectivity index (χ0) is 13.9. The third-order valence-corrected chi connectivity index (χ3v) is 4.32. The van der Waals surface area contributed by atoms with Gasteiger partial charge >= 0.3 is 0 Å². The number of thiazole rings is 1. The molecule has 106 valence electrons. The molecule has 0 radical (unpaired) electrons. The molecular formula is C14H18N4OS. The maximum atomic E-state index is 5.92. The van der Waals surface area contributed by atoms with Crippen LogP contribution in [0.1, 0.15) is 0 Å². The lowest BCUT2D eigenvalue weighted by molar-refractivity contribution is 0.415. The van der Waals surface area contributed by atoms with Gasteiger partial charge in [0.1, 0.15) is 5.75 Å². The summed E-state index contributed by atoms with van der Waals surface area (Å²) >= 11 is 1.69. The molecule has 1 aromatic heterocycles. The van der Waals surface area contributed by atoms with Crippen molar-refractivity contribution in [2.24, 2.45) is 0 Å². The molecule has 2 aromatic rings. The number of hydrogen-bond acceptors (Lipinski definition) is 6. The topological polar surface area (TPSA) is 54.6 Å². The SMILES string of the molecule is COc1cc(N)cc(N2CCN(c3nccs3)CC2)c1. The molecule has 1 aliphatic heterocycles. The molecule has 0 amide bonds. The van der Waals surface area contributed by atoms with Crippen LogP contribution in [0.5, 0.6) is 5.75 Å². The highest BCUT2D eigenvalue weighted by molar-refractivity contribution is 7.13. The standard InChI is InChI=1S/C14H18N4OS/c1-19-13-9-11(15)8-12(10-13)17-3-5-18(6-4-17)14-16-2-7-20-14/h2,7-10H,3-6,15H2,1H3. The van der Waals surface area contributed by atoms with Crippen LogP contribution in [0.4, 0.5) is 16.5 Å². The molecule has 0 saturated carbocycles. The van der Waals surface area contributed by atoms with Gasteiger partial charge in [-0.05, 0) is 6.07 Å². The van der Waals surface area contributed by atoms with Crippen molar-refractivity contribution in [3.8, 4) is 5.75 Å². The lowest BCUT2D eigenvalue weighted by Gasteiger charge is -2.36. The second-order valence-electron chi connectivity index (χ2n) is 4.75. The quantitative estimate of drug-likeness (QED) is 0.877. The summed E-state index contributed by atoms with van der Waals surface area (Å²) in [5.41, 5.74) is 7.78. The largest absolute Gasteiger partial charge is 0.497 e. The zero-order valence-corrected chi connectivity index (χ0v) is 12.3. The Morgan fingerprint density at radius 3 is 2.55 bits per heavy atom. The Morgan fingerprint density at radius 1 is 1.15 bits per heavy atom. The van der Waals surface area contributed by atoms with E-state index in [0.29, 0.717) is 0 Å². The van der Waals surface area contributed by atoms with Gasteiger partial charge < -0.3 is 20.3 Å². The highest BCUT2D eigenvalue weighted by Crippen LogP contribution is 2.27. The van der Waals surface area contributed by atoms with Gasteiger partial charge in [0.2, 0.25) is 0 Å². The minimum Gasteiger partial charge on any atom is -0.497 e. The Bertz CT molecular complexity index is 565. The van der Waals surface area contributed by atoms with Crippen molar-refractivity contribution in [2.45, 2.75) is 0 Å². The Labute approximate surface area is 122 Å². The van der Waals surface area contributed by atoms with Crippen LogP contribution in [0.15, 0.2) is 29.8 Å². The number of piperazine rings is 1. The lowest BCUT2D eigenvalue weighted by Crippen LogP contribution is -2.46. The van der Waals surface area contributed by atoms with E-state index in [1.807, 2.05) is 29.8 Å². The molecule has 20 heavy (non-hydrogen) atoms. The minimum absolute atomic E-state index is 0.738. The third kappa shape index (κ3) is 2.65. The Hall–Kier alpha value is -1.95. The summed E-state index contributed by atoms with van der Waals surface area (Å²) in [6.07, 6.45) is 1.86. The van der Waals surface area contributed by atoms with Crippen molar-refractivity contribution in [1.29, 1.82) is 0 Å². The predicted molar refractivity (Wildman–Crippen MR) is 83.9 cm³/mol. The van der Waals surface area contributed by atoms with Crippen molar-refractivity contribution < 1.29 is 4.74 Å². The van der Waals surface area contributed by atoms with Crippen molar-refractivity contribution >= 4 is 27.8 Å². The van der Waals surface area contributed by atoms with Crippen molar-refractivity contribution in [3.05, 3.63) is 29.8 Å². The van der Waals surface area contributed by atoms with Gasteiger partial charge in [0.05, 0.1) is 7.11 Å². The smallest absolute Gasteiger partial charge is 0.185 e. The van der Waals surface area contributed by atoms with E-state index < -0.39 is 0 Å². The number of ether oxygens (including phenoxy) is 1. The van der Waals surface area contributed by atoms with Crippen molar-refractivity contribution in [3.63, 3.8) is 0 Å². The van der Waals surface area contributed by atoms with Crippen LogP contribution in [0.25, 0.3) is 0 Å². The van der Waals surface area contributed by atoms with Crippen LogP contribution in [-0.4, -0.2) is 38.3 Å². The third-order valence-electron chi connectivity index (χ3n) is 3.48. The number of nitrogen functional groups attached to an aromatic ring is 1. The van der Waals surface area contributed by atoms with E-state index >= 15 is 0 Å². The van der Waals surface area contributed by atoms with E-state index in [1.54, 1.807) is 18.4 Å². The number of nitrogens with two attached hydrogens (primary N) is 1. The highest BCUT2D eigenvalue weighted by Gasteiger charge is 2.19. The molecule has 3 rings (SSSR count). The Balaban J connectivity index is 1.70. The summed E-state index contributed by atoms with van der Waals surface area (Å²) in [5, 5.41) is 3.12. The molecule has 1 saturated heterocycles. The molecule has 1 aromatic carbocycles. The van der Waals surface area contributed by atoms with E-state index in [0.717, 1.165) is 48.4 Å². The fourth-order valence-corrected chi connectivity index (χ4v) is 3.13. The maximum absolute atomic E-state index is 5.92. The van der Waals surface area contributed by atoms with E-state index in [9.17, 15) is 0 Å². The number of nitrogens with zero attached hydrogens (tertiary/aromatic N) is 3. The number of aromatic nitrogens is 1. The number of methoxy groups -OCH3 is 1. The molecule has 0 unspecified atom stereocenters. The summed E-state index contributed by atoms with van der Waals surface area (Å²) in [4.78, 5) is 9.03. The molecule has 2 heterocycles. The maximum Gasteiger partial charge on any atom is 0.185 e. The second kappa shape index (κ2) is 5.58. The predicted octanol–water partition coefficient (Wildman–Crippen LogP) is 2.06. The van der Waals surface area contributed by atoms with E-state index in [1.165, 1.54) is 0 Å². The van der Waals surface area contributed by atoms with Gasteiger partial charge in [-0.3, -0.25) is 0 Å². The molecule has 6 heteroatoms. The Morgan fingerprint density at radius 2 is 1.90 bits per heavy atom. The average molecular weight is 290 g/mol. The first-order chi connectivity index (χ1) is 9.76. The lowest BCUT2D eigenvalue weighted by atomic mass is 10.2. The van der Waals surface area contributed by atoms with Crippen LogP contribution in [-0.2, 0) is 0 Å². The van der Waals surface area contributed by atoms with Gasteiger partial charge in [0.15, 0.2) is 5.13 Å². The number of benzene rings is 1. The minimum atomic E-state index is 0.738. The molecule has 0 spiro atoms. The van der Waals surface area contributed by atoms with Crippen LogP contribution >= 0.6 is 11.3 Å². The second-order valence-corrected chi connectivity index (χ2v) is 5.63. The molecule has 2 N–H and O–H groups in total. The molecule has 1 aliphatic rings. The number of rotatable bonds is 3. The Kier molecular flexibility index (Phi) is 3.64. The average Bonchev–Trinajstić information content (AvgIpc) is 3.01. The van der Waals surface area contributed by atoms with Crippen LogP contribution in [0.3, 0.4) is 0 Å². The fraction of sp³-hybridized carbons (Fsp3) is 0.357. The fourth-order valence-electron chi connectivity index (χ4n) is 2.43. The van der Waals surface area contributed by atoms with E-state index in [4.69, 9.17) is 10.5 Å². The normalized spacial score (nSPS) is 15.4. The van der Waals surface area contributed by atoms with Crippen molar-refractivity contribution in [2.75, 3.05) is 48.8 Å². The van der Waals surface area contributed by atoms with E-state index in [-0.39, 0.29) is 0 Å². The van der Waals surface area contributed by atoms with Crippen LogP contribution in [0.2, 0.25) is 0 Å². The van der Waals surface area contributed by atoms with Gasteiger partial charge in [-0.2, -0.15) is 0 Å². The zero-order valence-electron chi connectivity index (χ0n) is 11.5. The van der Waals surface area contributed by atoms with Gasteiger partial charge in [0, 0.05) is 61.3 Å². The van der Waals surface area contributed by atoms with E-state index in [2.05, 4.69) is 14.8 Å². The first kappa shape index (κ1) is 13.1. The van der Waals surface area contributed by atoms with Gasteiger partial charge in [-0.1, -0.05) is 0 Å². The molecular weight excluding hydrogens is 272 g/mol. The summed E-state index contributed by atoms with van der Waals surface area (Å²) in [7, 11) is 1.67. The number of anilines is 3. The molecule has 5 nitrogen and oxygen atoms in total. The number of hydrogen-bond donors (Lipinski definition) is 1. The molecule has 0 aliphatic carbocycles. The molecule has 0 atom stereocenters. The highest BCUT2D eigenvalue weighted by atomic mass is 32.1. The molecule has 0 bridgehead atoms. The van der Waals surface area contributed by atoms with Crippen LogP contribution < -0.4 is 20.3 Å². The van der Waals surface area contributed by atoms with Crippen LogP contribution in [0, 0.1) is 0 Å². The van der Waals surface area contributed by atoms with Crippen molar-refractivity contribution in [1.82, 2.24) is 4.98 Å². The molecule has 1 fully saturated rings. The first-order valence-corrected chi connectivity index (χ1v) is 7.48. The van der Waals surface area contributed by atoms with Gasteiger partial charge in [0.25, 0.3) is 0 Å². The summed E-state index contributed by atoms with van der Waals surface area (Å²) in [5.74, 6) is 0.808. The van der Waals surface area contributed by atoms with Gasteiger partial charge in [-0.25, -0.2) is 4.98 Å². The summed E-state index contributed by atoms with van der Waals surface area (Å²) in [6, 6.07) is 5.88. The summed E-state index contributed by atoms with van der Waals surface area (Å²) < 4.78 is 5.28. The van der Waals surface area contributed by atoms with Gasteiger partial charge in [-0.15, -0.1) is 11.3 Å².